The molecule has 4 bridgehead atoms. The van der Waals surface area contributed by atoms with Crippen molar-refractivity contribution in [3.8, 4) is 5.75 Å². The Bertz CT molecular complexity index is 790. The maximum atomic E-state index is 15.1. The van der Waals surface area contributed by atoms with Crippen LogP contribution in [0.1, 0.15) is 73.9 Å². The number of halogens is 1. The molecule has 6 rings (SSSR count). The van der Waals surface area contributed by atoms with Gasteiger partial charge in [0.1, 0.15) is 0 Å². The zero-order valence-electron chi connectivity index (χ0n) is 17.3. The average molecular weight is 401 g/mol. The molecule has 0 spiro atoms. The first kappa shape index (κ1) is 19.3. The van der Waals surface area contributed by atoms with Crippen molar-refractivity contribution in [2.75, 3.05) is 0 Å². The zero-order valence-corrected chi connectivity index (χ0v) is 17.3. The first-order chi connectivity index (χ1) is 13.9. The predicted octanol–water partition coefficient (Wildman–Crippen LogP) is 3.88. The molecule has 0 amide bonds. The molecule has 1 aromatic rings. The van der Waals surface area contributed by atoms with Crippen molar-refractivity contribution in [2.45, 2.75) is 77.6 Å². The molecule has 4 fully saturated rings. The minimum Gasteiger partial charge on any atom is -0.545 e. The Hall–Kier alpha value is -1.62. The third kappa shape index (κ3) is 3.35. The number of ether oxygens (including phenoxy) is 2. The number of carboxylic acids is 1. The van der Waals surface area contributed by atoms with Crippen LogP contribution in [0.2, 0.25) is 0 Å². The second-order valence-corrected chi connectivity index (χ2v) is 10.1. The number of hydrogen-bond donors (Lipinski definition) is 0. The Morgan fingerprint density at radius 2 is 1.69 bits per heavy atom. The lowest BCUT2D eigenvalue weighted by Gasteiger charge is -2.54. The molecule has 0 N–H and O–H groups in total. The van der Waals surface area contributed by atoms with Gasteiger partial charge in [0, 0.05) is 11.5 Å². The van der Waals surface area contributed by atoms with Gasteiger partial charge in [0.15, 0.2) is 11.6 Å². The van der Waals surface area contributed by atoms with Crippen molar-refractivity contribution in [1.29, 1.82) is 0 Å². The normalized spacial score (nSPS) is 33.2. The van der Waals surface area contributed by atoms with E-state index in [1.807, 2.05) is 13.8 Å². The lowest BCUT2D eigenvalue weighted by Crippen LogP contribution is -2.51. The van der Waals surface area contributed by atoms with Gasteiger partial charge in [-0.1, -0.05) is 13.8 Å². The van der Waals surface area contributed by atoms with Crippen molar-refractivity contribution >= 4 is 5.97 Å². The first-order valence-corrected chi connectivity index (χ1v) is 11.3. The van der Waals surface area contributed by atoms with Crippen molar-refractivity contribution in [1.82, 2.24) is 0 Å². The molecule has 0 heterocycles. The summed E-state index contributed by atoms with van der Waals surface area (Å²) in [7, 11) is 0. The molecular formula is C24H30FO4-. The summed E-state index contributed by atoms with van der Waals surface area (Å²) in [6.07, 6.45) is 7.82. The van der Waals surface area contributed by atoms with Gasteiger partial charge in [-0.15, -0.1) is 0 Å². The quantitative estimate of drug-likeness (QED) is 0.679. The summed E-state index contributed by atoms with van der Waals surface area (Å²) in [5, 5.41) is 11.6. The molecule has 0 saturated heterocycles. The Balaban J connectivity index is 1.39. The fourth-order valence-electron chi connectivity index (χ4n) is 6.68. The van der Waals surface area contributed by atoms with E-state index in [-0.39, 0.29) is 23.3 Å². The maximum Gasteiger partial charge on any atom is 0.202 e. The second kappa shape index (κ2) is 7.26. The maximum absolute atomic E-state index is 15.1. The summed E-state index contributed by atoms with van der Waals surface area (Å²) in [5.41, 5.74) is 1.10. The van der Waals surface area contributed by atoms with E-state index in [1.54, 1.807) is 0 Å². The summed E-state index contributed by atoms with van der Waals surface area (Å²) in [6, 6.07) is 1.31. The molecule has 5 heteroatoms. The third-order valence-corrected chi connectivity index (χ3v) is 7.74. The first-order valence-electron chi connectivity index (χ1n) is 11.3. The Morgan fingerprint density at radius 1 is 1.07 bits per heavy atom. The van der Waals surface area contributed by atoms with Crippen molar-refractivity contribution in [3.63, 3.8) is 0 Å². The van der Waals surface area contributed by atoms with Gasteiger partial charge in [-0.25, -0.2) is 4.39 Å². The number of aromatic carboxylic acids is 1. The van der Waals surface area contributed by atoms with Gasteiger partial charge in [0.25, 0.3) is 0 Å². The number of carbonyl (C=O) groups is 1. The van der Waals surface area contributed by atoms with Crippen LogP contribution in [0, 0.1) is 35.4 Å². The van der Waals surface area contributed by atoms with Crippen molar-refractivity contribution in [3.05, 3.63) is 28.6 Å². The Kier molecular flexibility index (Phi) is 4.84. The smallest absolute Gasteiger partial charge is 0.202 e. The molecule has 4 nitrogen and oxygen atoms in total. The fraction of sp³-hybridized carbons (Fsp3) is 0.708. The van der Waals surface area contributed by atoms with Crippen LogP contribution in [0.4, 0.5) is 4.39 Å². The highest BCUT2D eigenvalue weighted by Gasteiger charge is 2.49. The van der Waals surface area contributed by atoms with Gasteiger partial charge in [-0.05, 0) is 92.2 Å². The van der Waals surface area contributed by atoms with Crippen LogP contribution >= 0.6 is 0 Å². The number of carboxylic acid groups (broad SMARTS) is 1. The highest BCUT2D eigenvalue weighted by Crippen LogP contribution is 2.55. The predicted molar refractivity (Wildman–Crippen MR) is 104 cm³/mol. The Morgan fingerprint density at radius 3 is 2.28 bits per heavy atom. The highest BCUT2D eigenvalue weighted by atomic mass is 19.1. The standard InChI is InChI=1S/C24H31FO4/c1-12(2)24(29-22-15-7-13-6-14(9-15)10-16(22)8-13)28-20-11-19(23(26)27)17-4-3-5-18(17)21(20)25/h11-16,22,24H,3-10H2,1-2H3,(H,26,27)/p-1. The lowest BCUT2D eigenvalue weighted by atomic mass is 9.55. The van der Waals surface area contributed by atoms with Crippen molar-refractivity contribution in [2.24, 2.45) is 29.6 Å². The molecule has 5 aliphatic carbocycles. The van der Waals surface area contributed by atoms with E-state index >= 15 is 4.39 Å². The largest absolute Gasteiger partial charge is 0.545 e. The van der Waals surface area contributed by atoms with E-state index in [2.05, 4.69) is 0 Å². The molecule has 29 heavy (non-hydrogen) atoms. The minimum absolute atomic E-state index is 0.00707. The lowest BCUT2D eigenvalue weighted by molar-refractivity contribution is -0.255. The number of rotatable bonds is 6. The van der Waals surface area contributed by atoms with Crippen LogP contribution in [0.3, 0.4) is 0 Å². The molecule has 1 atom stereocenters. The van der Waals surface area contributed by atoms with E-state index < -0.39 is 18.1 Å². The monoisotopic (exact) mass is 401 g/mol. The van der Waals surface area contributed by atoms with Crippen LogP contribution in [-0.2, 0) is 17.6 Å². The van der Waals surface area contributed by atoms with Gasteiger partial charge in [0.2, 0.25) is 6.29 Å². The Labute approximate surface area is 171 Å². The zero-order chi connectivity index (χ0) is 20.3. The van der Waals surface area contributed by atoms with Gasteiger partial charge in [-0.3, -0.25) is 0 Å². The summed E-state index contributed by atoms with van der Waals surface area (Å²) in [5.74, 6) is 1.21. The van der Waals surface area contributed by atoms with Gasteiger partial charge < -0.3 is 19.4 Å². The summed E-state index contributed by atoms with van der Waals surface area (Å²) < 4.78 is 27.7. The van der Waals surface area contributed by atoms with Crippen LogP contribution in [0.25, 0.3) is 0 Å². The molecule has 0 aromatic heterocycles. The fourth-order valence-corrected chi connectivity index (χ4v) is 6.68. The van der Waals surface area contributed by atoms with Crippen LogP contribution in [-0.4, -0.2) is 18.4 Å². The minimum atomic E-state index is -1.27. The molecule has 158 valence electrons. The number of carbonyl (C=O) groups excluding carboxylic acids is 1. The molecule has 5 aliphatic rings. The molecule has 0 radical (unpaired) electrons. The van der Waals surface area contributed by atoms with E-state index in [4.69, 9.17) is 9.47 Å². The van der Waals surface area contributed by atoms with E-state index in [9.17, 15) is 9.90 Å². The van der Waals surface area contributed by atoms with E-state index in [0.29, 0.717) is 35.8 Å². The van der Waals surface area contributed by atoms with E-state index in [1.165, 1.54) is 38.2 Å². The van der Waals surface area contributed by atoms with Crippen LogP contribution < -0.4 is 9.84 Å². The van der Waals surface area contributed by atoms with Crippen molar-refractivity contribution < 1.29 is 23.8 Å². The number of benzene rings is 1. The van der Waals surface area contributed by atoms with Crippen LogP contribution in [0.5, 0.6) is 5.75 Å². The van der Waals surface area contributed by atoms with Gasteiger partial charge in [0.05, 0.1) is 12.1 Å². The second-order valence-electron chi connectivity index (χ2n) is 10.1. The third-order valence-electron chi connectivity index (χ3n) is 7.74. The number of fused-ring (bicyclic) bond motifs is 1. The molecule has 0 aliphatic heterocycles. The van der Waals surface area contributed by atoms with E-state index in [0.717, 1.165) is 18.3 Å². The topological polar surface area (TPSA) is 58.6 Å². The van der Waals surface area contributed by atoms with Gasteiger partial charge in [-0.2, -0.15) is 0 Å². The molecule has 1 unspecified atom stereocenters. The average Bonchev–Trinajstić information content (AvgIpc) is 3.14. The molecule has 4 saturated carbocycles. The molecule has 1 aromatic carbocycles. The summed E-state index contributed by atoms with van der Waals surface area (Å²) >= 11 is 0. The SMILES string of the molecule is CC(C)C(Oc1cc(C(=O)[O-])c2c(c1F)CCC2)OC1C2CC3CC(C2)CC1C3. The van der Waals surface area contributed by atoms with Gasteiger partial charge >= 0.3 is 0 Å². The van der Waals surface area contributed by atoms with Crippen LogP contribution in [0.15, 0.2) is 6.07 Å². The summed E-state index contributed by atoms with van der Waals surface area (Å²) in [6.45, 7) is 4.01. The summed E-state index contributed by atoms with van der Waals surface area (Å²) in [4.78, 5) is 11.6. The number of hydrogen-bond acceptors (Lipinski definition) is 4. The molecular weight excluding hydrogens is 371 g/mol. The highest BCUT2D eigenvalue weighted by molar-refractivity contribution is 5.89.